The Labute approximate surface area is 119 Å². The second-order valence-electron chi connectivity index (χ2n) is 5.54. The van der Waals surface area contributed by atoms with Crippen molar-refractivity contribution in [2.24, 2.45) is 0 Å². The van der Waals surface area contributed by atoms with Crippen LogP contribution in [0.1, 0.15) is 25.8 Å². The smallest absolute Gasteiger partial charge is 0.227 e. The number of carbonyl (C=O) groups excluding carboxylic acids is 1. The maximum Gasteiger partial charge on any atom is 0.227 e. The van der Waals surface area contributed by atoms with Crippen molar-refractivity contribution < 1.29 is 9.90 Å². The number of para-hydroxylation sites is 1. The number of nitrogens with zero attached hydrogens (tertiary/aromatic N) is 1. The van der Waals surface area contributed by atoms with Crippen LogP contribution in [0, 0.1) is 0 Å². The molecule has 1 saturated heterocycles. The van der Waals surface area contributed by atoms with E-state index < -0.39 is 0 Å². The molecule has 0 aromatic heterocycles. The second kappa shape index (κ2) is 5.87. The Hall–Kier alpha value is -1.16. The number of thioether (sulfide) groups is 1. The van der Waals surface area contributed by atoms with Crippen LogP contribution >= 0.6 is 11.8 Å². The highest BCUT2D eigenvalue weighted by Gasteiger charge is 2.26. The maximum absolute atomic E-state index is 12.3. The molecule has 4 heteroatoms. The highest BCUT2D eigenvalue weighted by molar-refractivity contribution is 8.00. The Morgan fingerprint density at radius 1 is 1.37 bits per heavy atom. The fourth-order valence-electron chi connectivity index (χ4n) is 2.20. The van der Waals surface area contributed by atoms with Gasteiger partial charge < -0.3 is 10.0 Å². The number of phenols is 1. The lowest BCUT2D eigenvalue weighted by Crippen LogP contribution is -2.34. The largest absolute Gasteiger partial charge is 0.508 e. The first-order valence-corrected chi connectivity index (χ1v) is 7.65. The zero-order valence-corrected chi connectivity index (χ0v) is 12.4. The molecule has 1 aromatic carbocycles. The standard InChI is InChI=1S/C15H21NO2S/c1-15(2)7-8-16(9-10-19-15)14(18)11-12-5-3-4-6-13(12)17/h3-6,17H,7-11H2,1-2H3. The highest BCUT2D eigenvalue weighted by Crippen LogP contribution is 2.31. The third kappa shape index (κ3) is 3.90. The normalized spacial score (nSPS) is 18.9. The molecule has 0 saturated carbocycles. The summed E-state index contributed by atoms with van der Waals surface area (Å²) in [4.78, 5) is 14.2. The van der Waals surface area contributed by atoms with Crippen LogP contribution < -0.4 is 0 Å². The summed E-state index contributed by atoms with van der Waals surface area (Å²) in [5.74, 6) is 1.31. The second-order valence-corrected chi connectivity index (χ2v) is 7.35. The molecule has 1 aliphatic heterocycles. The van der Waals surface area contributed by atoms with E-state index in [2.05, 4.69) is 13.8 Å². The molecule has 0 spiro atoms. The predicted octanol–water partition coefficient (Wildman–Crippen LogP) is 2.68. The Kier molecular flexibility index (Phi) is 4.40. The number of amides is 1. The Balaban J connectivity index is 1.99. The SMILES string of the molecule is CC1(C)CCN(C(=O)Cc2ccccc2O)CCS1. The first-order valence-electron chi connectivity index (χ1n) is 6.66. The summed E-state index contributed by atoms with van der Waals surface area (Å²) in [6.07, 6.45) is 1.31. The third-order valence-corrected chi connectivity index (χ3v) is 4.90. The maximum atomic E-state index is 12.3. The van der Waals surface area contributed by atoms with E-state index in [1.54, 1.807) is 12.1 Å². The lowest BCUT2D eigenvalue weighted by atomic mass is 10.1. The lowest BCUT2D eigenvalue weighted by Gasteiger charge is -2.22. The molecule has 0 aliphatic carbocycles. The number of benzene rings is 1. The van der Waals surface area contributed by atoms with Crippen LogP contribution in [0.2, 0.25) is 0 Å². The summed E-state index contributed by atoms with van der Waals surface area (Å²) in [6, 6.07) is 7.06. The predicted molar refractivity (Wildman–Crippen MR) is 79.5 cm³/mol. The monoisotopic (exact) mass is 279 g/mol. The van der Waals surface area contributed by atoms with Crippen LogP contribution in [0.15, 0.2) is 24.3 Å². The van der Waals surface area contributed by atoms with Crippen molar-refractivity contribution in [1.29, 1.82) is 0 Å². The van der Waals surface area contributed by atoms with E-state index in [0.29, 0.717) is 5.56 Å². The summed E-state index contributed by atoms with van der Waals surface area (Å²) in [7, 11) is 0. The summed E-state index contributed by atoms with van der Waals surface area (Å²) < 4.78 is 0.254. The van der Waals surface area contributed by atoms with E-state index in [9.17, 15) is 9.90 Å². The van der Waals surface area contributed by atoms with Gasteiger partial charge in [0.15, 0.2) is 0 Å². The number of rotatable bonds is 2. The van der Waals surface area contributed by atoms with Crippen molar-refractivity contribution in [2.75, 3.05) is 18.8 Å². The highest BCUT2D eigenvalue weighted by atomic mass is 32.2. The third-order valence-electron chi connectivity index (χ3n) is 3.52. The number of hydrogen-bond donors (Lipinski definition) is 1. The molecule has 0 radical (unpaired) electrons. The fraction of sp³-hybridized carbons (Fsp3) is 0.533. The van der Waals surface area contributed by atoms with Crippen LogP contribution in [0.25, 0.3) is 0 Å². The Morgan fingerprint density at radius 3 is 2.84 bits per heavy atom. The molecule has 1 N–H and O–H groups in total. The van der Waals surface area contributed by atoms with Crippen molar-refractivity contribution in [3.8, 4) is 5.75 Å². The lowest BCUT2D eigenvalue weighted by molar-refractivity contribution is -0.130. The van der Waals surface area contributed by atoms with Gasteiger partial charge in [0.05, 0.1) is 6.42 Å². The van der Waals surface area contributed by atoms with Gasteiger partial charge in [-0.05, 0) is 12.5 Å². The molecule has 1 amide bonds. The molecule has 3 nitrogen and oxygen atoms in total. The number of aromatic hydroxyl groups is 1. The molecule has 0 unspecified atom stereocenters. The van der Waals surface area contributed by atoms with Crippen molar-refractivity contribution in [2.45, 2.75) is 31.4 Å². The van der Waals surface area contributed by atoms with Gasteiger partial charge in [-0.3, -0.25) is 4.79 Å². The first-order chi connectivity index (χ1) is 8.98. The fourth-order valence-corrected chi connectivity index (χ4v) is 3.30. The van der Waals surface area contributed by atoms with Gasteiger partial charge in [-0.15, -0.1) is 0 Å². The van der Waals surface area contributed by atoms with Crippen LogP contribution in [0.3, 0.4) is 0 Å². The molecule has 1 fully saturated rings. The van der Waals surface area contributed by atoms with Crippen LogP contribution in [-0.2, 0) is 11.2 Å². The van der Waals surface area contributed by atoms with E-state index in [0.717, 1.165) is 25.3 Å². The zero-order chi connectivity index (χ0) is 13.9. The van der Waals surface area contributed by atoms with Crippen molar-refractivity contribution >= 4 is 17.7 Å². The average Bonchev–Trinajstić information content (AvgIpc) is 2.53. The van der Waals surface area contributed by atoms with Gasteiger partial charge in [-0.2, -0.15) is 11.8 Å². The van der Waals surface area contributed by atoms with Crippen LogP contribution in [0.5, 0.6) is 5.75 Å². The van der Waals surface area contributed by atoms with Gasteiger partial charge in [-0.1, -0.05) is 32.0 Å². The molecule has 1 aliphatic rings. The zero-order valence-electron chi connectivity index (χ0n) is 11.6. The van der Waals surface area contributed by atoms with Gasteiger partial charge in [0.25, 0.3) is 0 Å². The van der Waals surface area contributed by atoms with E-state index in [4.69, 9.17) is 0 Å². The van der Waals surface area contributed by atoms with Crippen LogP contribution in [-0.4, -0.2) is 39.5 Å². The molecular formula is C15H21NO2S. The van der Waals surface area contributed by atoms with Crippen LogP contribution in [0.4, 0.5) is 0 Å². The minimum absolute atomic E-state index is 0.111. The quantitative estimate of drug-likeness (QED) is 0.905. The molecule has 0 atom stereocenters. The first kappa shape index (κ1) is 14.3. The van der Waals surface area contributed by atoms with Gasteiger partial charge >= 0.3 is 0 Å². The van der Waals surface area contributed by atoms with E-state index in [1.807, 2.05) is 28.8 Å². The van der Waals surface area contributed by atoms with Gasteiger partial charge in [-0.25, -0.2) is 0 Å². The molecule has 2 rings (SSSR count). The minimum atomic E-state index is 0.111. The van der Waals surface area contributed by atoms with E-state index in [-0.39, 0.29) is 22.8 Å². The average molecular weight is 279 g/mol. The number of hydrogen-bond acceptors (Lipinski definition) is 3. The van der Waals surface area contributed by atoms with E-state index in [1.165, 1.54) is 0 Å². The molecule has 0 bridgehead atoms. The summed E-state index contributed by atoms with van der Waals surface area (Å²) in [6.45, 7) is 6.08. The van der Waals surface area contributed by atoms with Gasteiger partial charge in [0, 0.05) is 29.2 Å². The Bertz CT molecular complexity index is 459. The molecule has 1 heterocycles. The molecule has 19 heavy (non-hydrogen) atoms. The van der Waals surface area contributed by atoms with Gasteiger partial charge in [0.1, 0.15) is 5.75 Å². The van der Waals surface area contributed by atoms with Crippen molar-refractivity contribution in [3.63, 3.8) is 0 Å². The summed E-state index contributed by atoms with van der Waals surface area (Å²) in [5, 5.41) is 9.72. The van der Waals surface area contributed by atoms with Crippen molar-refractivity contribution in [3.05, 3.63) is 29.8 Å². The summed E-state index contributed by atoms with van der Waals surface area (Å²) >= 11 is 1.93. The topological polar surface area (TPSA) is 40.5 Å². The molecular weight excluding hydrogens is 258 g/mol. The number of phenolic OH excluding ortho intramolecular Hbond substituents is 1. The van der Waals surface area contributed by atoms with Gasteiger partial charge in [0.2, 0.25) is 5.91 Å². The molecule has 104 valence electrons. The van der Waals surface area contributed by atoms with E-state index >= 15 is 0 Å². The Morgan fingerprint density at radius 2 is 2.11 bits per heavy atom. The molecule has 1 aromatic rings. The minimum Gasteiger partial charge on any atom is -0.508 e. The number of carbonyl (C=O) groups is 1. The van der Waals surface area contributed by atoms with Crippen molar-refractivity contribution in [1.82, 2.24) is 4.90 Å². The summed E-state index contributed by atoms with van der Waals surface area (Å²) in [5.41, 5.74) is 0.712.